The molecule has 2 heterocycles. The molecule has 2 aromatic carbocycles. The van der Waals surface area contributed by atoms with Crippen LogP contribution in [-0.2, 0) is 13.1 Å². The van der Waals surface area contributed by atoms with Crippen LogP contribution in [0.25, 0.3) is 0 Å². The van der Waals surface area contributed by atoms with Gasteiger partial charge >= 0.3 is 0 Å². The number of carbonyl (C=O) groups is 1. The van der Waals surface area contributed by atoms with Gasteiger partial charge in [-0.3, -0.25) is 14.4 Å². The molecule has 0 radical (unpaired) electrons. The van der Waals surface area contributed by atoms with Crippen molar-refractivity contribution in [1.29, 1.82) is 0 Å². The summed E-state index contributed by atoms with van der Waals surface area (Å²) in [7, 11) is 1.69. The van der Waals surface area contributed by atoms with Gasteiger partial charge in [-0.05, 0) is 87.2 Å². The van der Waals surface area contributed by atoms with Gasteiger partial charge in [-0.15, -0.1) is 0 Å². The summed E-state index contributed by atoms with van der Waals surface area (Å²) in [6, 6.07) is 18.2. The van der Waals surface area contributed by atoms with Gasteiger partial charge in [0.25, 0.3) is 5.91 Å². The van der Waals surface area contributed by atoms with Gasteiger partial charge in [0, 0.05) is 24.3 Å². The van der Waals surface area contributed by atoms with Gasteiger partial charge in [0.2, 0.25) is 0 Å². The summed E-state index contributed by atoms with van der Waals surface area (Å²) in [4.78, 5) is 15.3. The van der Waals surface area contributed by atoms with E-state index in [4.69, 9.17) is 4.74 Å². The third-order valence-corrected chi connectivity index (χ3v) is 6.45. The number of benzene rings is 2. The fourth-order valence-corrected chi connectivity index (χ4v) is 4.50. The fourth-order valence-electron chi connectivity index (χ4n) is 4.50. The number of ether oxygens (including phenoxy) is 1. The number of methoxy groups -OCH3 is 1. The number of nitrogens with zero attached hydrogens (tertiary/aromatic N) is 3. The van der Waals surface area contributed by atoms with Crippen molar-refractivity contribution >= 4 is 5.91 Å². The summed E-state index contributed by atoms with van der Waals surface area (Å²) in [5.41, 5.74) is 5.24. The lowest BCUT2D eigenvalue weighted by Crippen LogP contribution is -2.38. The Morgan fingerprint density at radius 3 is 2.45 bits per heavy atom. The van der Waals surface area contributed by atoms with Crippen molar-refractivity contribution in [2.75, 3.05) is 26.7 Å². The molecule has 33 heavy (non-hydrogen) atoms. The van der Waals surface area contributed by atoms with Crippen molar-refractivity contribution in [1.82, 2.24) is 20.0 Å². The molecule has 174 valence electrons. The van der Waals surface area contributed by atoms with Crippen LogP contribution in [0.3, 0.4) is 0 Å². The number of likely N-dealkylation sites (tertiary alicyclic amines) is 1. The molecule has 0 aliphatic carbocycles. The van der Waals surface area contributed by atoms with Crippen LogP contribution < -0.4 is 10.1 Å². The van der Waals surface area contributed by atoms with Crippen LogP contribution in [-0.4, -0.2) is 47.3 Å². The number of carbonyl (C=O) groups excluding carboxylic acids is 1. The van der Waals surface area contributed by atoms with Gasteiger partial charge in [0.15, 0.2) is 0 Å². The Morgan fingerprint density at radius 1 is 1.03 bits per heavy atom. The van der Waals surface area contributed by atoms with Crippen LogP contribution in [0.15, 0.2) is 54.6 Å². The van der Waals surface area contributed by atoms with Gasteiger partial charge in [-0.25, -0.2) is 0 Å². The zero-order valence-corrected chi connectivity index (χ0v) is 19.9. The maximum atomic E-state index is 12.8. The highest BCUT2D eigenvalue weighted by molar-refractivity contribution is 5.94. The largest absolute Gasteiger partial charge is 0.497 e. The quantitative estimate of drug-likeness (QED) is 0.563. The van der Waals surface area contributed by atoms with Crippen LogP contribution >= 0.6 is 0 Å². The molecule has 4 rings (SSSR count). The van der Waals surface area contributed by atoms with E-state index in [1.54, 1.807) is 7.11 Å². The van der Waals surface area contributed by atoms with E-state index in [9.17, 15) is 4.79 Å². The molecule has 1 N–H and O–H groups in total. The number of aryl methyl sites for hydroxylation is 2. The summed E-state index contributed by atoms with van der Waals surface area (Å²) in [5.74, 6) is 1.43. The summed E-state index contributed by atoms with van der Waals surface area (Å²) in [6.45, 7) is 8.54. The molecule has 1 aliphatic heterocycles. The fraction of sp³-hybridized carbons (Fsp3) is 0.407. The molecule has 0 saturated carbocycles. The standard InChI is InChI=1S/C27H34N4O2/c1-20-15-21(2)31(29-20)19-24-5-4-6-25(16-24)27(32)28-17-22-11-13-30(14-12-22)18-23-7-9-26(33-3)10-8-23/h4-10,15-16,22H,11-14,17-19H2,1-3H3,(H,28,32). The Morgan fingerprint density at radius 2 is 1.79 bits per heavy atom. The first kappa shape index (κ1) is 23.1. The molecule has 0 atom stereocenters. The summed E-state index contributed by atoms with van der Waals surface area (Å²) < 4.78 is 7.22. The van der Waals surface area contributed by atoms with Crippen molar-refractivity contribution < 1.29 is 9.53 Å². The first-order valence-electron chi connectivity index (χ1n) is 11.7. The molecule has 1 saturated heterocycles. The third kappa shape index (κ3) is 6.23. The van der Waals surface area contributed by atoms with E-state index in [1.807, 2.05) is 48.0 Å². The Kier molecular flexibility index (Phi) is 7.45. The van der Waals surface area contributed by atoms with Crippen LogP contribution in [0.1, 0.15) is 45.7 Å². The third-order valence-electron chi connectivity index (χ3n) is 6.45. The highest BCUT2D eigenvalue weighted by Gasteiger charge is 2.20. The van der Waals surface area contributed by atoms with E-state index in [0.717, 1.165) is 61.7 Å². The Balaban J connectivity index is 1.23. The maximum Gasteiger partial charge on any atom is 0.251 e. The summed E-state index contributed by atoms with van der Waals surface area (Å²) in [5, 5.41) is 7.68. The number of nitrogens with one attached hydrogen (secondary N) is 1. The van der Waals surface area contributed by atoms with Crippen LogP contribution in [0, 0.1) is 19.8 Å². The van der Waals surface area contributed by atoms with Gasteiger partial charge < -0.3 is 10.1 Å². The predicted molar refractivity (Wildman–Crippen MR) is 131 cm³/mol. The Labute approximate surface area is 196 Å². The first-order chi connectivity index (χ1) is 16.0. The molecule has 1 aromatic heterocycles. The molecule has 1 amide bonds. The molecule has 0 unspecified atom stereocenters. The van der Waals surface area contributed by atoms with Crippen molar-refractivity contribution in [2.45, 2.75) is 39.8 Å². The molecule has 1 aliphatic rings. The second kappa shape index (κ2) is 10.7. The Bertz CT molecular complexity index is 1070. The minimum absolute atomic E-state index is 0.00544. The lowest BCUT2D eigenvalue weighted by Gasteiger charge is -2.32. The number of rotatable bonds is 8. The van der Waals surface area contributed by atoms with E-state index in [0.29, 0.717) is 18.0 Å². The van der Waals surface area contributed by atoms with Crippen LogP contribution in [0.4, 0.5) is 0 Å². The highest BCUT2D eigenvalue weighted by atomic mass is 16.5. The van der Waals surface area contributed by atoms with E-state index in [2.05, 4.69) is 40.4 Å². The Hall–Kier alpha value is -3.12. The van der Waals surface area contributed by atoms with Gasteiger partial charge in [0.05, 0.1) is 19.3 Å². The van der Waals surface area contributed by atoms with E-state index in [1.165, 1.54) is 5.56 Å². The van der Waals surface area contributed by atoms with E-state index < -0.39 is 0 Å². The normalized spacial score (nSPS) is 14.9. The second-order valence-corrected chi connectivity index (χ2v) is 9.06. The molecule has 0 spiro atoms. The zero-order chi connectivity index (χ0) is 23.2. The number of amides is 1. The molecule has 0 bridgehead atoms. The van der Waals surface area contributed by atoms with Gasteiger partial charge in [0.1, 0.15) is 5.75 Å². The zero-order valence-electron chi connectivity index (χ0n) is 19.9. The van der Waals surface area contributed by atoms with Gasteiger partial charge in [-0.1, -0.05) is 24.3 Å². The van der Waals surface area contributed by atoms with Crippen LogP contribution in [0.2, 0.25) is 0 Å². The predicted octanol–water partition coefficient (Wildman–Crippen LogP) is 4.20. The molecule has 6 nitrogen and oxygen atoms in total. The SMILES string of the molecule is COc1ccc(CN2CCC(CNC(=O)c3cccc(Cn4nc(C)cc4C)c3)CC2)cc1. The van der Waals surface area contributed by atoms with Crippen molar-refractivity contribution in [2.24, 2.45) is 5.92 Å². The van der Waals surface area contributed by atoms with E-state index in [-0.39, 0.29) is 5.91 Å². The molecular weight excluding hydrogens is 412 g/mol. The number of hydrogen-bond donors (Lipinski definition) is 1. The van der Waals surface area contributed by atoms with Crippen molar-refractivity contribution in [3.05, 3.63) is 82.7 Å². The molecule has 6 heteroatoms. The van der Waals surface area contributed by atoms with Crippen molar-refractivity contribution in [3.63, 3.8) is 0 Å². The first-order valence-corrected chi connectivity index (χ1v) is 11.7. The van der Waals surface area contributed by atoms with Gasteiger partial charge in [-0.2, -0.15) is 5.10 Å². The minimum Gasteiger partial charge on any atom is -0.497 e. The number of hydrogen-bond acceptors (Lipinski definition) is 4. The average Bonchev–Trinajstić information content (AvgIpc) is 3.15. The topological polar surface area (TPSA) is 59.4 Å². The van der Waals surface area contributed by atoms with E-state index >= 15 is 0 Å². The molecule has 3 aromatic rings. The maximum absolute atomic E-state index is 12.8. The molecular formula is C27H34N4O2. The summed E-state index contributed by atoms with van der Waals surface area (Å²) in [6.07, 6.45) is 2.21. The number of aromatic nitrogens is 2. The lowest BCUT2D eigenvalue weighted by atomic mass is 9.96. The van der Waals surface area contributed by atoms with Crippen molar-refractivity contribution in [3.8, 4) is 5.75 Å². The average molecular weight is 447 g/mol. The van der Waals surface area contributed by atoms with Crippen LogP contribution in [0.5, 0.6) is 5.75 Å². The minimum atomic E-state index is 0.00544. The lowest BCUT2D eigenvalue weighted by molar-refractivity contribution is 0.0935. The summed E-state index contributed by atoms with van der Waals surface area (Å²) >= 11 is 0. The smallest absolute Gasteiger partial charge is 0.251 e. The molecule has 1 fully saturated rings. The monoisotopic (exact) mass is 446 g/mol. The number of piperidine rings is 1. The second-order valence-electron chi connectivity index (χ2n) is 9.06. The highest BCUT2D eigenvalue weighted by Crippen LogP contribution is 2.20.